The van der Waals surface area contributed by atoms with Crippen molar-refractivity contribution in [2.45, 2.75) is 64.6 Å². The molecule has 1 aromatic heterocycles. The molecule has 3 N–H and O–H groups in total. The molecule has 0 spiro atoms. The van der Waals surface area contributed by atoms with E-state index in [2.05, 4.69) is 10.6 Å². The Labute approximate surface area is 153 Å². The van der Waals surface area contributed by atoms with Crippen LogP contribution in [0.2, 0.25) is 0 Å². The molecule has 2 amide bonds. The molecule has 5 nitrogen and oxygen atoms in total. The molecule has 1 aliphatic carbocycles. The first-order valence-corrected chi connectivity index (χ1v) is 9.29. The van der Waals surface area contributed by atoms with Crippen LogP contribution in [0.15, 0.2) is 22.6 Å². The summed E-state index contributed by atoms with van der Waals surface area (Å²) in [6.07, 6.45) is 2.71. The molecule has 142 valence electrons. The zero-order valence-corrected chi connectivity index (χ0v) is 15.5. The first-order chi connectivity index (χ1) is 12.4. The third-order valence-electron chi connectivity index (χ3n) is 5.21. The second-order valence-corrected chi connectivity index (χ2v) is 7.55. The van der Waals surface area contributed by atoms with Gasteiger partial charge in [-0.3, -0.25) is 0 Å². The van der Waals surface area contributed by atoms with E-state index in [9.17, 15) is 14.3 Å². The molecule has 0 radical (unpaired) electrons. The minimum Gasteiger partial charge on any atom is -0.458 e. The number of carbonyl (C=O) groups is 1. The molecule has 26 heavy (non-hydrogen) atoms. The highest BCUT2D eigenvalue weighted by atomic mass is 19.1. The van der Waals surface area contributed by atoms with Crippen molar-refractivity contribution in [3.05, 3.63) is 35.3 Å². The molecule has 0 unspecified atom stereocenters. The van der Waals surface area contributed by atoms with Crippen LogP contribution < -0.4 is 10.6 Å². The molecule has 6 heteroatoms. The number of carbonyl (C=O) groups excluding carboxylic acids is 1. The molecule has 0 bridgehead atoms. The van der Waals surface area contributed by atoms with E-state index in [0.717, 1.165) is 18.4 Å². The van der Waals surface area contributed by atoms with Crippen LogP contribution in [0.1, 0.15) is 56.9 Å². The van der Waals surface area contributed by atoms with Crippen LogP contribution in [0.4, 0.5) is 9.18 Å². The summed E-state index contributed by atoms with van der Waals surface area (Å²) < 4.78 is 20.0. The Hall–Kier alpha value is -2.08. The average molecular weight is 362 g/mol. The molecule has 1 aromatic carbocycles. The average Bonchev–Trinajstić information content (AvgIpc) is 2.92. The van der Waals surface area contributed by atoms with Crippen molar-refractivity contribution in [2.75, 3.05) is 0 Å². The molecule has 1 fully saturated rings. The SMILES string of the molecule is Cc1c([C@@H](NC(=O)NC2CCC(O)CC2)C(C)C)oc2cccc(F)c12. The van der Waals surface area contributed by atoms with Crippen LogP contribution in [-0.2, 0) is 0 Å². The van der Waals surface area contributed by atoms with Gasteiger partial charge in [0.15, 0.2) is 0 Å². The predicted octanol–water partition coefficient (Wildman–Crippen LogP) is 4.18. The van der Waals surface area contributed by atoms with E-state index in [4.69, 9.17) is 4.42 Å². The van der Waals surface area contributed by atoms with E-state index < -0.39 is 0 Å². The Bertz CT molecular complexity index is 779. The molecular weight excluding hydrogens is 335 g/mol. The summed E-state index contributed by atoms with van der Waals surface area (Å²) in [5.41, 5.74) is 1.21. The zero-order valence-electron chi connectivity index (χ0n) is 15.5. The fourth-order valence-electron chi connectivity index (χ4n) is 3.69. The van der Waals surface area contributed by atoms with Crippen LogP contribution in [0.5, 0.6) is 0 Å². The fourth-order valence-corrected chi connectivity index (χ4v) is 3.69. The lowest BCUT2D eigenvalue weighted by Crippen LogP contribution is -2.46. The molecule has 1 atom stereocenters. The number of aliphatic hydroxyl groups is 1. The molecule has 3 rings (SSSR count). The highest BCUT2D eigenvalue weighted by molar-refractivity contribution is 5.83. The van der Waals surface area contributed by atoms with Crippen molar-refractivity contribution in [3.63, 3.8) is 0 Å². The number of furan rings is 1. The number of hydrogen-bond acceptors (Lipinski definition) is 3. The summed E-state index contributed by atoms with van der Waals surface area (Å²) in [5, 5.41) is 16.0. The summed E-state index contributed by atoms with van der Waals surface area (Å²) >= 11 is 0. The summed E-state index contributed by atoms with van der Waals surface area (Å²) in [6.45, 7) is 5.80. The van der Waals surface area contributed by atoms with Crippen molar-refractivity contribution in [3.8, 4) is 0 Å². The first-order valence-electron chi connectivity index (χ1n) is 9.29. The molecule has 1 heterocycles. The Morgan fingerprint density at radius 2 is 1.96 bits per heavy atom. The highest BCUT2D eigenvalue weighted by Gasteiger charge is 2.27. The fraction of sp³-hybridized carbons (Fsp3) is 0.550. The van der Waals surface area contributed by atoms with E-state index in [1.165, 1.54) is 6.07 Å². The number of hydrogen-bond donors (Lipinski definition) is 3. The third-order valence-corrected chi connectivity index (χ3v) is 5.21. The van der Waals surface area contributed by atoms with Gasteiger partial charge < -0.3 is 20.2 Å². The van der Waals surface area contributed by atoms with E-state index in [1.54, 1.807) is 12.1 Å². The lowest BCUT2D eigenvalue weighted by Gasteiger charge is -2.28. The zero-order chi connectivity index (χ0) is 18.8. The lowest BCUT2D eigenvalue weighted by molar-refractivity contribution is 0.117. The van der Waals surface area contributed by atoms with Gasteiger partial charge in [0, 0.05) is 11.6 Å². The number of aliphatic hydroxyl groups excluding tert-OH is 1. The molecule has 1 saturated carbocycles. The van der Waals surface area contributed by atoms with E-state index in [-0.39, 0.29) is 36.0 Å². The third kappa shape index (κ3) is 3.85. The van der Waals surface area contributed by atoms with Gasteiger partial charge in [0.05, 0.1) is 17.5 Å². The van der Waals surface area contributed by atoms with Crippen LogP contribution >= 0.6 is 0 Å². The van der Waals surface area contributed by atoms with Crippen molar-refractivity contribution in [1.82, 2.24) is 10.6 Å². The maximum atomic E-state index is 14.1. The summed E-state index contributed by atoms with van der Waals surface area (Å²) in [5.74, 6) is 0.355. The van der Waals surface area contributed by atoms with Gasteiger partial charge in [-0.05, 0) is 50.7 Å². The number of urea groups is 1. The largest absolute Gasteiger partial charge is 0.458 e. The van der Waals surface area contributed by atoms with Gasteiger partial charge in [-0.1, -0.05) is 19.9 Å². The smallest absolute Gasteiger partial charge is 0.315 e. The molecule has 0 aliphatic heterocycles. The minimum absolute atomic E-state index is 0.0698. The van der Waals surface area contributed by atoms with Crippen LogP contribution in [0, 0.1) is 18.7 Å². The van der Waals surface area contributed by atoms with Gasteiger partial charge in [-0.15, -0.1) is 0 Å². The van der Waals surface area contributed by atoms with Crippen LogP contribution in [0.3, 0.4) is 0 Å². The molecule has 0 saturated heterocycles. The van der Waals surface area contributed by atoms with Gasteiger partial charge in [0.25, 0.3) is 0 Å². The van der Waals surface area contributed by atoms with Gasteiger partial charge in [0.1, 0.15) is 17.2 Å². The molecular formula is C20H27FN2O3. The topological polar surface area (TPSA) is 74.5 Å². The first kappa shape index (κ1) is 18.7. The van der Waals surface area contributed by atoms with E-state index in [1.807, 2.05) is 20.8 Å². The van der Waals surface area contributed by atoms with Gasteiger partial charge in [-0.25, -0.2) is 9.18 Å². The maximum Gasteiger partial charge on any atom is 0.315 e. The van der Waals surface area contributed by atoms with Gasteiger partial charge in [0.2, 0.25) is 0 Å². The predicted molar refractivity (Wildman–Crippen MR) is 98.4 cm³/mol. The van der Waals surface area contributed by atoms with Crippen molar-refractivity contribution in [1.29, 1.82) is 0 Å². The number of nitrogens with one attached hydrogen (secondary N) is 2. The number of rotatable bonds is 4. The maximum absolute atomic E-state index is 14.1. The quantitative estimate of drug-likeness (QED) is 0.764. The molecule has 1 aliphatic rings. The second-order valence-electron chi connectivity index (χ2n) is 7.55. The monoisotopic (exact) mass is 362 g/mol. The summed E-state index contributed by atoms with van der Waals surface area (Å²) in [6, 6.07) is 4.23. The number of amides is 2. The molecule has 2 aromatic rings. The van der Waals surface area contributed by atoms with Crippen molar-refractivity contribution in [2.24, 2.45) is 5.92 Å². The Kier molecular flexibility index (Phi) is 5.51. The van der Waals surface area contributed by atoms with Crippen molar-refractivity contribution < 1.29 is 18.7 Å². The van der Waals surface area contributed by atoms with Crippen LogP contribution in [0.25, 0.3) is 11.0 Å². The normalized spacial score (nSPS) is 21.8. The van der Waals surface area contributed by atoms with Gasteiger partial charge >= 0.3 is 6.03 Å². The Balaban J connectivity index is 1.76. The second kappa shape index (κ2) is 7.66. The highest BCUT2D eigenvalue weighted by Crippen LogP contribution is 2.34. The summed E-state index contributed by atoms with van der Waals surface area (Å²) in [7, 11) is 0. The Morgan fingerprint density at radius 1 is 1.27 bits per heavy atom. The lowest BCUT2D eigenvalue weighted by atomic mass is 9.93. The van der Waals surface area contributed by atoms with Crippen LogP contribution in [-0.4, -0.2) is 23.3 Å². The minimum atomic E-state index is -0.351. The number of fused-ring (bicyclic) bond motifs is 1. The van der Waals surface area contributed by atoms with Crippen molar-refractivity contribution >= 4 is 17.0 Å². The number of halogens is 1. The van der Waals surface area contributed by atoms with Gasteiger partial charge in [-0.2, -0.15) is 0 Å². The Morgan fingerprint density at radius 3 is 2.58 bits per heavy atom. The van der Waals surface area contributed by atoms with E-state index in [0.29, 0.717) is 29.6 Å². The number of benzene rings is 1. The standard InChI is InChI=1S/C20H27FN2O3/c1-11(2)18(23-20(25)22-13-7-9-14(24)10-8-13)19-12(3)17-15(21)5-4-6-16(17)26-19/h4-6,11,13-14,18,24H,7-10H2,1-3H3,(H2,22,23,25)/t13?,14?,18-/m0/s1. The number of aryl methyl sites for hydroxylation is 1. The summed E-state index contributed by atoms with van der Waals surface area (Å²) in [4.78, 5) is 12.5. The van der Waals surface area contributed by atoms with E-state index >= 15 is 0 Å².